The van der Waals surface area contributed by atoms with Gasteiger partial charge in [-0.05, 0) is 24.3 Å². The quantitative estimate of drug-likeness (QED) is 0.770. The second-order valence-electron chi connectivity index (χ2n) is 2.63. The minimum Gasteiger partial charge on any atom is -0.383 e. The average Bonchev–Trinajstić information content (AvgIpc) is 2.03. The predicted molar refractivity (Wildman–Crippen MR) is 53.9 cm³/mol. The molecule has 0 aliphatic rings. The van der Waals surface area contributed by atoms with Crippen molar-refractivity contribution in [3.8, 4) is 0 Å². The Morgan fingerprint density at radius 2 is 1.62 bits per heavy atom. The van der Waals surface area contributed by atoms with Gasteiger partial charge in [0, 0.05) is 18.4 Å². The average molecular weight is 199 g/mol. The molecule has 13 heavy (non-hydrogen) atoms. The predicted octanol–water partition coefficient (Wildman–Crippen LogP) is 1.26. The van der Waals surface area contributed by atoms with Crippen molar-refractivity contribution in [3.63, 3.8) is 0 Å². The minimum absolute atomic E-state index is 0.543. The molecule has 1 radical (unpaired) electrons. The maximum Gasteiger partial charge on any atom is 0.229 e. The van der Waals surface area contributed by atoms with E-state index in [0.29, 0.717) is 5.69 Å². The molecule has 1 aromatic rings. The number of sulfonamides is 1. The van der Waals surface area contributed by atoms with E-state index in [0.717, 1.165) is 11.9 Å². The molecule has 1 aromatic carbocycles. The van der Waals surface area contributed by atoms with E-state index in [9.17, 15) is 8.42 Å². The highest BCUT2D eigenvalue weighted by molar-refractivity contribution is 7.92. The van der Waals surface area contributed by atoms with Gasteiger partial charge in [0.25, 0.3) is 0 Å². The molecule has 5 heteroatoms. The fourth-order valence-electron chi connectivity index (χ4n) is 0.870. The van der Waals surface area contributed by atoms with E-state index in [4.69, 9.17) is 0 Å². The van der Waals surface area contributed by atoms with E-state index in [2.05, 4.69) is 17.1 Å². The molecule has 2 N–H and O–H groups in total. The molecule has 0 heterocycles. The molecule has 71 valence electrons. The van der Waals surface area contributed by atoms with Crippen molar-refractivity contribution in [1.29, 1.82) is 0 Å². The van der Waals surface area contributed by atoms with Gasteiger partial charge in [-0.2, -0.15) is 0 Å². The van der Waals surface area contributed by atoms with Gasteiger partial charge in [-0.25, -0.2) is 8.42 Å². The molecule has 0 atom stereocenters. The number of benzene rings is 1. The lowest BCUT2D eigenvalue weighted by Crippen LogP contribution is -2.09. The van der Waals surface area contributed by atoms with E-state index >= 15 is 0 Å². The molecule has 0 spiro atoms. The first-order chi connectivity index (χ1) is 6.01. The van der Waals surface area contributed by atoms with Crippen LogP contribution in [0.25, 0.3) is 0 Å². The lowest BCUT2D eigenvalue weighted by atomic mass is 10.3. The van der Waals surface area contributed by atoms with Crippen LogP contribution in [0.2, 0.25) is 0 Å². The Bertz CT molecular complexity index is 370. The summed E-state index contributed by atoms with van der Waals surface area (Å²) in [5.41, 5.74) is 1.38. The summed E-state index contributed by atoms with van der Waals surface area (Å²) in [6.45, 7) is 0. The Kier molecular flexibility index (Phi) is 2.77. The van der Waals surface area contributed by atoms with Crippen LogP contribution in [-0.4, -0.2) is 14.7 Å². The van der Waals surface area contributed by atoms with Crippen molar-refractivity contribution >= 4 is 21.4 Å². The molecule has 0 bridgehead atoms. The first-order valence-electron chi connectivity index (χ1n) is 3.62. The Hall–Kier alpha value is -1.23. The van der Waals surface area contributed by atoms with Gasteiger partial charge in [-0.3, -0.25) is 4.72 Å². The van der Waals surface area contributed by atoms with Crippen molar-refractivity contribution in [3.05, 3.63) is 31.3 Å². The standard InChI is InChI=1S/C8H11N2O2S/c1-9-7-3-5-8(6-4-7)10-13(2,11)12/h3-6,9-10H,1H2,2H3. The van der Waals surface area contributed by atoms with Gasteiger partial charge in [0.2, 0.25) is 10.0 Å². The number of nitrogens with one attached hydrogen (secondary N) is 2. The minimum atomic E-state index is -3.18. The fraction of sp³-hybridized carbons (Fsp3) is 0.125. The first kappa shape index (κ1) is 9.85. The Morgan fingerprint density at radius 3 is 2.00 bits per heavy atom. The lowest BCUT2D eigenvalue weighted by molar-refractivity contribution is 0.607. The zero-order valence-electron chi connectivity index (χ0n) is 7.24. The SMILES string of the molecule is [CH2]Nc1ccc(NS(C)(=O)=O)cc1. The van der Waals surface area contributed by atoms with Crippen LogP contribution in [0.4, 0.5) is 11.4 Å². The largest absolute Gasteiger partial charge is 0.383 e. The van der Waals surface area contributed by atoms with Crippen molar-refractivity contribution in [2.24, 2.45) is 0 Å². The van der Waals surface area contributed by atoms with E-state index in [1.165, 1.54) is 0 Å². The second-order valence-corrected chi connectivity index (χ2v) is 4.38. The zero-order valence-corrected chi connectivity index (χ0v) is 8.06. The van der Waals surface area contributed by atoms with Gasteiger partial charge >= 0.3 is 0 Å². The van der Waals surface area contributed by atoms with Crippen LogP contribution in [0.1, 0.15) is 0 Å². The van der Waals surface area contributed by atoms with Crippen LogP contribution < -0.4 is 10.0 Å². The molecule has 0 unspecified atom stereocenters. The van der Waals surface area contributed by atoms with Crippen molar-refractivity contribution < 1.29 is 8.42 Å². The van der Waals surface area contributed by atoms with E-state index in [1.54, 1.807) is 24.3 Å². The molecule has 0 aliphatic carbocycles. The molecule has 0 aromatic heterocycles. The molecule has 0 amide bonds. The highest BCUT2D eigenvalue weighted by atomic mass is 32.2. The summed E-state index contributed by atoms with van der Waals surface area (Å²) < 4.78 is 24.0. The van der Waals surface area contributed by atoms with Crippen LogP contribution in [0.3, 0.4) is 0 Å². The fourth-order valence-corrected chi connectivity index (χ4v) is 1.43. The molecule has 0 saturated carbocycles. The van der Waals surface area contributed by atoms with Crippen molar-refractivity contribution in [1.82, 2.24) is 0 Å². The van der Waals surface area contributed by atoms with Gasteiger partial charge in [-0.15, -0.1) is 0 Å². The monoisotopic (exact) mass is 199 g/mol. The zero-order chi connectivity index (χ0) is 9.90. The van der Waals surface area contributed by atoms with Crippen LogP contribution in [0.5, 0.6) is 0 Å². The van der Waals surface area contributed by atoms with Crippen molar-refractivity contribution in [2.75, 3.05) is 16.3 Å². The highest BCUT2D eigenvalue weighted by Crippen LogP contribution is 2.13. The van der Waals surface area contributed by atoms with Gasteiger partial charge in [0.15, 0.2) is 0 Å². The maximum atomic E-state index is 10.8. The van der Waals surface area contributed by atoms with E-state index in [-0.39, 0.29) is 0 Å². The van der Waals surface area contributed by atoms with Crippen LogP contribution in [0.15, 0.2) is 24.3 Å². The van der Waals surface area contributed by atoms with Gasteiger partial charge in [0.1, 0.15) is 0 Å². The number of hydrogen-bond acceptors (Lipinski definition) is 3. The summed E-state index contributed by atoms with van der Waals surface area (Å²) >= 11 is 0. The summed E-state index contributed by atoms with van der Waals surface area (Å²) in [5.74, 6) is 0. The molecule has 0 saturated heterocycles. The Labute approximate surface area is 78.0 Å². The lowest BCUT2D eigenvalue weighted by Gasteiger charge is -2.04. The summed E-state index contributed by atoms with van der Waals surface area (Å²) in [7, 11) is 0.289. The summed E-state index contributed by atoms with van der Waals surface area (Å²) in [6, 6.07) is 6.80. The van der Waals surface area contributed by atoms with E-state index in [1.807, 2.05) is 0 Å². The van der Waals surface area contributed by atoms with Gasteiger partial charge in [0.05, 0.1) is 6.26 Å². The van der Waals surface area contributed by atoms with Crippen molar-refractivity contribution in [2.45, 2.75) is 0 Å². The molecular formula is C8H11N2O2S. The smallest absolute Gasteiger partial charge is 0.229 e. The highest BCUT2D eigenvalue weighted by Gasteiger charge is 2.00. The molecule has 0 fully saturated rings. The number of anilines is 2. The molecule has 0 aliphatic heterocycles. The summed E-state index contributed by atoms with van der Waals surface area (Å²) in [4.78, 5) is 0. The number of hydrogen-bond donors (Lipinski definition) is 2. The Balaban J connectivity index is 2.81. The topological polar surface area (TPSA) is 58.2 Å². The maximum absolute atomic E-state index is 10.8. The third-order valence-electron chi connectivity index (χ3n) is 1.39. The third-order valence-corrected chi connectivity index (χ3v) is 2.00. The first-order valence-corrected chi connectivity index (χ1v) is 5.51. The molecule has 4 nitrogen and oxygen atoms in total. The second kappa shape index (κ2) is 3.66. The van der Waals surface area contributed by atoms with Crippen LogP contribution in [-0.2, 0) is 10.0 Å². The normalized spacial score (nSPS) is 10.9. The Morgan fingerprint density at radius 1 is 1.15 bits per heavy atom. The number of rotatable bonds is 3. The van der Waals surface area contributed by atoms with E-state index < -0.39 is 10.0 Å². The van der Waals surface area contributed by atoms with Crippen LogP contribution >= 0.6 is 0 Å². The third kappa shape index (κ3) is 3.33. The van der Waals surface area contributed by atoms with Gasteiger partial charge < -0.3 is 5.32 Å². The van der Waals surface area contributed by atoms with Gasteiger partial charge in [-0.1, -0.05) is 0 Å². The van der Waals surface area contributed by atoms with Crippen LogP contribution in [0, 0.1) is 7.05 Å². The summed E-state index contributed by atoms with van der Waals surface area (Å²) in [5, 5.41) is 2.69. The summed E-state index contributed by atoms with van der Waals surface area (Å²) in [6.07, 6.45) is 1.11. The molecular weight excluding hydrogens is 188 g/mol. The molecule has 1 rings (SSSR count).